The monoisotopic (exact) mass is 370 g/mol. The summed E-state index contributed by atoms with van der Waals surface area (Å²) in [5.74, 6) is 0.677. The molecule has 26 heavy (non-hydrogen) atoms. The van der Waals surface area contributed by atoms with Crippen LogP contribution in [0.25, 0.3) is 0 Å². The standard InChI is InChI=1S/C20H26N4OS/c25-20(21-12-16-6-7-16)18-15-26-19(22-18)14-24-10-8-23(9-11-24)13-17-4-2-1-3-5-17/h1-5,15-16H,6-14H2,(H,21,25). The van der Waals surface area contributed by atoms with Crippen LogP contribution in [0.1, 0.15) is 33.9 Å². The van der Waals surface area contributed by atoms with Crippen LogP contribution < -0.4 is 5.32 Å². The Balaban J connectivity index is 1.22. The van der Waals surface area contributed by atoms with E-state index in [9.17, 15) is 4.79 Å². The Morgan fingerprint density at radius 3 is 2.46 bits per heavy atom. The van der Waals surface area contributed by atoms with Crippen molar-refractivity contribution in [3.05, 3.63) is 52.0 Å². The summed E-state index contributed by atoms with van der Waals surface area (Å²) in [5.41, 5.74) is 1.95. The first kappa shape index (κ1) is 17.6. The Labute approximate surface area is 159 Å². The predicted molar refractivity (Wildman–Crippen MR) is 104 cm³/mol. The van der Waals surface area contributed by atoms with Gasteiger partial charge in [0.15, 0.2) is 0 Å². The fraction of sp³-hybridized carbons (Fsp3) is 0.500. The van der Waals surface area contributed by atoms with Crippen molar-refractivity contribution in [2.45, 2.75) is 25.9 Å². The third-order valence-corrected chi connectivity index (χ3v) is 5.94. The number of nitrogens with one attached hydrogen (secondary N) is 1. The molecule has 2 heterocycles. The summed E-state index contributed by atoms with van der Waals surface area (Å²) in [7, 11) is 0. The van der Waals surface area contributed by atoms with E-state index in [0.717, 1.165) is 50.8 Å². The van der Waals surface area contributed by atoms with Gasteiger partial charge in [-0.25, -0.2) is 4.98 Å². The molecule has 1 amide bonds. The zero-order valence-corrected chi connectivity index (χ0v) is 15.9. The smallest absolute Gasteiger partial charge is 0.270 e. The number of amides is 1. The Kier molecular flexibility index (Phi) is 5.62. The lowest BCUT2D eigenvalue weighted by Crippen LogP contribution is -2.45. The average molecular weight is 371 g/mol. The Hall–Kier alpha value is -1.76. The number of rotatable bonds is 7. The minimum absolute atomic E-state index is 0.0212. The van der Waals surface area contributed by atoms with Crippen molar-refractivity contribution in [3.63, 3.8) is 0 Å². The van der Waals surface area contributed by atoms with Crippen molar-refractivity contribution >= 4 is 17.2 Å². The van der Waals surface area contributed by atoms with E-state index in [1.165, 1.54) is 18.4 Å². The van der Waals surface area contributed by atoms with Crippen molar-refractivity contribution in [1.82, 2.24) is 20.1 Å². The van der Waals surface area contributed by atoms with Gasteiger partial charge in [0, 0.05) is 44.6 Å². The van der Waals surface area contributed by atoms with Crippen LogP contribution in [0.3, 0.4) is 0 Å². The fourth-order valence-corrected chi connectivity index (χ4v) is 4.09. The van der Waals surface area contributed by atoms with Crippen molar-refractivity contribution < 1.29 is 4.79 Å². The summed E-state index contributed by atoms with van der Waals surface area (Å²) in [5, 5.41) is 5.92. The van der Waals surface area contributed by atoms with E-state index in [1.807, 2.05) is 5.38 Å². The molecule has 1 saturated carbocycles. The molecule has 1 N–H and O–H groups in total. The van der Waals surface area contributed by atoms with Gasteiger partial charge in [0.05, 0.1) is 6.54 Å². The highest BCUT2D eigenvalue weighted by Crippen LogP contribution is 2.27. The lowest BCUT2D eigenvalue weighted by Gasteiger charge is -2.34. The number of carbonyl (C=O) groups excluding carboxylic acids is 1. The fourth-order valence-electron chi connectivity index (χ4n) is 3.28. The van der Waals surface area contributed by atoms with E-state index in [0.29, 0.717) is 11.6 Å². The lowest BCUT2D eigenvalue weighted by molar-refractivity contribution is 0.0946. The van der Waals surface area contributed by atoms with Crippen LogP contribution in [0, 0.1) is 5.92 Å². The number of carbonyl (C=O) groups is 1. The third-order valence-electron chi connectivity index (χ3n) is 5.11. The third kappa shape index (κ3) is 4.90. The molecule has 0 radical (unpaired) electrons. The highest BCUT2D eigenvalue weighted by molar-refractivity contribution is 7.09. The van der Waals surface area contributed by atoms with Crippen LogP contribution in [0.5, 0.6) is 0 Å². The predicted octanol–water partition coefficient (Wildman–Crippen LogP) is 2.60. The van der Waals surface area contributed by atoms with E-state index in [1.54, 1.807) is 11.3 Å². The number of piperazine rings is 1. The molecule has 0 spiro atoms. The average Bonchev–Trinajstić information content (AvgIpc) is 3.39. The first-order valence-corrected chi connectivity index (χ1v) is 10.4. The molecule has 4 rings (SSSR count). The molecule has 1 aliphatic carbocycles. The molecule has 1 aliphatic heterocycles. The molecule has 2 fully saturated rings. The van der Waals surface area contributed by atoms with Gasteiger partial charge in [0.25, 0.3) is 5.91 Å². The van der Waals surface area contributed by atoms with Crippen molar-refractivity contribution in [2.75, 3.05) is 32.7 Å². The second-order valence-corrected chi connectivity index (χ2v) is 8.26. The summed E-state index contributed by atoms with van der Waals surface area (Å²) >= 11 is 1.60. The summed E-state index contributed by atoms with van der Waals surface area (Å²) in [6.07, 6.45) is 2.50. The molecule has 1 aromatic carbocycles. The Morgan fingerprint density at radius 1 is 1.08 bits per heavy atom. The van der Waals surface area contributed by atoms with Crippen LogP contribution in [0.15, 0.2) is 35.7 Å². The van der Waals surface area contributed by atoms with Gasteiger partial charge in [-0.1, -0.05) is 30.3 Å². The first-order valence-electron chi connectivity index (χ1n) is 9.47. The molecule has 2 aliphatic rings. The normalized spacial score (nSPS) is 18.8. The second kappa shape index (κ2) is 8.29. The van der Waals surface area contributed by atoms with Crippen LogP contribution in [-0.4, -0.2) is 53.4 Å². The topological polar surface area (TPSA) is 48.5 Å². The zero-order chi connectivity index (χ0) is 17.8. The highest BCUT2D eigenvalue weighted by Gasteiger charge is 2.23. The molecule has 6 heteroatoms. The number of hydrogen-bond donors (Lipinski definition) is 1. The van der Waals surface area contributed by atoms with Gasteiger partial charge in [0.2, 0.25) is 0 Å². The number of hydrogen-bond acceptors (Lipinski definition) is 5. The molecular formula is C20H26N4OS. The SMILES string of the molecule is O=C(NCC1CC1)c1csc(CN2CCN(Cc3ccccc3)CC2)n1. The van der Waals surface area contributed by atoms with Crippen molar-refractivity contribution in [1.29, 1.82) is 0 Å². The Bertz CT molecular complexity index is 720. The minimum atomic E-state index is -0.0212. The maximum Gasteiger partial charge on any atom is 0.270 e. The van der Waals surface area contributed by atoms with Crippen molar-refractivity contribution in [3.8, 4) is 0 Å². The van der Waals surface area contributed by atoms with E-state index in [2.05, 4.69) is 50.4 Å². The Morgan fingerprint density at radius 2 is 1.77 bits per heavy atom. The summed E-state index contributed by atoms with van der Waals surface area (Å²) in [6.45, 7) is 6.93. The molecule has 1 aromatic heterocycles. The molecular weight excluding hydrogens is 344 g/mol. The maximum atomic E-state index is 12.1. The molecule has 2 aromatic rings. The van der Waals surface area contributed by atoms with Gasteiger partial charge in [-0.15, -0.1) is 11.3 Å². The van der Waals surface area contributed by atoms with Crippen LogP contribution >= 0.6 is 11.3 Å². The van der Waals surface area contributed by atoms with E-state index < -0.39 is 0 Å². The number of aromatic nitrogens is 1. The molecule has 0 atom stereocenters. The van der Waals surface area contributed by atoms with Crippen LogP contribution in [0.4, 0.5) is 0 Å². The number of benzene rings is 1. The van der Waals surface area contributed by atoms with Gasteiger partial charge in [-0.05, 0) is 24.3 Å². The molecule has 1 saturated heterocycles. The summed E-state index contributed by atoms with van der Waals surface area (Å²) in [4.78, 5) is 21.6. The minimum Gasteiger partial charge on any atom is -0.350 e. The van der Waals surface area contributed by atoms with Gasteiger partial charge >= 0.3 is 0 Å². The summed E-state index contributed by atoms with van der Waals surface area (Å²) < 4.78 is 0. The van der Waals surface area contributed by atoms with Gasteiger partial charge in [0.1, 0.15) is 10.7 Å². The van der Waals surface area contributed by atoms with E-state index in [-0.39, 0.29) is 5.91 Å². The zero-order valence-electron chi connectivity index (χ0n) is 15.1. The number of nitrogens with zero attached hydrogens (tertiary/aromatic N) is 3. The van der Waals surface area contributed by atoms with Crippen LogP contribution in [0.2, 0.25) is 0 Å². The van der Waals surface area contributed by atoms with E-state index >= 15 is 0 Å². The van der Waals surface area contributed by atoms with Crippen LogP contribution in [-0.2, 0) is 13.1 Å². The summed E-state index contributed by atoms with van der Waals surface area (Å²) in [6, 6.07) is 10.7. The first-order chi connectivity index (χ1) is 12.8. The lowest BCUT2D eigenvalue weighted by atomic mass is 10.2. The maximum absolute atomic E-state index is 12.1. The van der Waals surface area contributed by atoms with Gasteiger partial charge < -0.3 is 5.32 Å². The molecule has 0 bridgehead atoms. The number of thiazole rings is 1. The quantitative estimate of drug-likeness (QED) is 0.814. The van der Waals surface area contributed by atoms with Gasteiger partial charge in [-0.3, -0.25) is 14.6 Å². The molecule has 0 unspecified atom stereocenters. The highest BCUT2D eigenvalue weighted by atomic mass is 32.1. The van der Waals surface area contributed by atoms with E-state index in [4.69, 9.17) is 0 Å². The largest absolute Gasteiger partial charge is 0.350 e. The molecule has 138 valence electrons. The second-order valence-electron chi connectivity index (χ2n) is 7.32. The van der Waals surface area contributed by atoms with Gasteiger partial charge in [-0.2, -0.15) is 0 Å². The van der Waals surface area contributed by atoms with Crippen molar-refractivity contribution in [2.24, 2.45) is 5.92 Å². The molecule has 5 nitrogen and oxygen atoms in total.